The maximum absolute atomic E-state index is 11.9. The second kappa shape index (κ2) is 9.45. The number of rotatable bonds is 9. The van der Waals surface area contributed by atoms with Gasteiger partial charge < -0.3 is 26.2 Å². The van der Waals surface area contributed by atoms with E-state index in [0.717, 1.165) is 0 Å². The number of carboxylic acid groups (broad SMARTS) is 1. The molecule has 0 rings (SSSR count). The fraction of sp³-hybridized carbons (Fsp3) is 0.700. The molecule has 8 nitrogen and oxygen atoms in total. The molecule has 0 saturated carbocycles. The van der Waals surface area contributed by atoms with E-state index in [4.69, 9.17) is 15.6 Å². The second-order valence-corrected chi connectivity index (χ2v) is 4.68. The van der Waals surface area contributed by atoms with Gasteiger partial charge in [0.2, 0.25) is 5.91 Å². The van der Waals surface area contributed by atoms with Gasteiger partial charge in [-0.25, -0.2) is 9.59 Å². The summed E-state index contributed by atoms with van der Waals surface area (Å²) in [4.78, 5) is 33.5. The normalized spacial score (nSPS) is 13.4. The smallest absolute Gasteiger partial charge is 0.328 e. The monoisotopic (exact) mass is 293 g/mol. The van der Waals surface area contributed by atoms with Crippen LogP contribution < -0.4 is 16.4 Å². The Kier molecular flexibility index (Phi) is 8.71. The molecule has 3 amide bonds. The number of nitrogens with two attached hydrogens (primary N) is 1. The molecule has 0 radical (unpaired) electrons. The zero-order valence-corrected chi connectivity index (χ0v) is 11.7. The molecule has 0 saturated heterocycles. The molecule has 5 N–H and O–H groups in total. The molecule has 0 bridgehead atoms. The van der Waals surface area contributed by atoms with Gasteiger partial charge in [-0.05, 0) is 18.4 Å². The minimum absolute atomic E-state index is 0.160. The summed E-state index contributed by atoms with van der Waals surface area (Å²) >= 11 is 1.50. The van der Waals surface area contributed by atoms with Gasteiger partial charge in [0.1, 0.15) is 6.04 Å². The van der Waals surface area contributed by atoms with Gasteiger partial charge in [-0.3, -0.25) is 4.79 Å². The first-order valence-corrected chi connectivity index (χ1v) is 6.88. The first-order chi connectivity index (χ1) is 8.92. The van der Waals surface area contributed by atoms with Crippen LogP contribution in [-0.2, 0) is 14.3 Å². The zero-order chi connectivity index (χ0) is 14.8. The highest BCUT2D eigenvalue weighted by Gasteiger charge is 2.25. The highest BCUT2D eigenvalue weighted by Crippen LogP contribution is 2.01. The van der Waals surface area contributed by atoms with Crippen LogP contribution in [0.2, 0.25) is 0 Å². The molecule has 2 unspecified atom stereocenters. The summed E-state index contributed by atoms with van der Waals surface area (Å²) in [5.74, 6) is -1.18. The SMILES string of the molecule is COCC(NC(=O)C(CCSC)NC(N)=O)C(=O)O. The van der Waals surface area contributed by atoms with Crippen LogP contribution in [0, 0.1) is 0 Å². The molecule has 0 aliphatic heterocycles. The quantitative estimate of drug-likeness (QED) is 0.431. The molecular weight excluding hydrogens is 274 g/mol. The van der Waals surface area contributed by atoms with E-state index < -0.39 is 30.0 Å². The molecule has 0 aliphatic carbocycles. The van der Waals surface area contributed by atoms with E-state index in [9.17, 15) is 14.4 Å². The van der Waals surface area contributed by atoms with Gasteiger partial charge in [-0.15, -0.1) is 0 Å². The summed E-state index contributed by atoms with van der Waals surface area (Å²) in [6, 6.07) is -2.85. The number of aliphatic carboxylic acids is 1. The zero-order valence-electron chi connectivity index (χ0n) is 10.8. The third-order valence-corrected chi connectivity index (χ3v) is 2.84. The lowest BCUT2D eigenvalue weighted by molar-refractivity contribution is -0.143. The van der Waals surface area contributed by atoms with E-state index >= 15 is 0 Å². The fourth-order valence-electron chi connectivity index (χ4n) is 1.29. The molecule has 0 aromatic heterocycles. The van der Waals surface area contributed by atoms with Crippen molar-refractivity contribution in [2.24, 2.45) is 5.73 Å². The Bertz CT molecular complexity index is 326. The number of hydrogen-bond donors (Lipinski definition) is 4. The summed E-state index contributed by atoms with van der Waals surface area (Å²) in [5, 5.41) is 13.5. The van der Waals surface area contributed by atoms with Crippen LogP contribution in [0.1, 0.15) is 6.42 Å². The molecule has 0 aromatic rings. The maximum Gasteiger partial charge on any atom is 0.328 e. The molecule has 0 heterocycles. The second-order valence-electron chi connectivity index (χ2n) is 3.70. The van der Waals surface area contributed by atoms with Crippen molar-refractivity contribution in [1.82, 2.24) is 10.6 Å². The predicted octanol–water partition coefficient (Wildman–Crippen LogP) is -1.01. The third-order valence-electron chi connectivity index (χ3n) is 2.19. The Hall–Kier alpha value is -1.48. The van der Waals surface area contributed by atoms with Gasteiger partial charge >= 0.3 is 12.0 Å². The number of ether oxygens (including phenoxy) is 1. The summed E-state index contributed by atoms with van der Waals surface area (Å²) in [6.07, 6.45) is 2.21. The number of thioether (sulfide) groups is 1. The molecule has 0 spiro atoms. The van der Waals surface area contributed by atoms with E-state index in [0.29, 0.717) is 12.2 Å². The Morgan fingerprint density at radius 3 is 2.37 bits per heavy atom. The third kappa shape index (κ3) is 7.52. The molecular formula is C10H19N3O5S. The lowest BCUT2D eigenvalue weighted by Gasteiger charge is -2.20. The van der Waals surface area contributed by atoms with Crippen LogP contribution in [0.5, 0.6) is 0 Å². The van der Waals surface area contributed by atoms with Gasteiger partial charge in [0.05, 0.1) is 6.61 Å². The number of carbonyl (C=O) groups excluding carboxylic acids is 2. The predicted molar refractivity (Wildman–Crippen MR) is 70.9 cm³/mol. The minimum Gasteiger partial charge on any atom is -0.480 e. The van der Waals surface area contributed by atoms with Crippen molar-refractivity contribution in [2.75, 3.05) is 25.7 Å². The van der Waals surface area contributed by atoms with Crippen molar-refractivity contribution < 1.29 is 24.2 Å². The largest absolute Gasteiger partial charge is 0.480 e. The van der Waals surface area contributed by atoms with E-state index in [2.05, 4.69) is 10.6 Å². The summed E-state index contributed by atoms with van der Waals surface area (Å²) in [7, 11) is 1.33. The van der Waals surface area contributed by atoms with Crippen molar-refractivity contribution in [1.29, 1.82) is 0 Å². The van der Waals surface area contributed by atoms with Crippen molar-refractivity contribution in [3.05, 3.63) is 0 Å². The lowest BCUT2D eigenvalue weighted by atomic mass is 10.2. The van der Waals surface area contributed by atoms with Crippen molar-refractivity contribution in [3.8, 4) is 0 Å². The number of carbonyl (C=O) groups is 3. The van der Waals surface area contributed by atoms with E-state index in [1.54, 1.807) is 0 Å². The molecule has 19 heavy (non-hydrogen) atoms. The van der Waals surface area contributed by atoms with Crippen LogP contribution >= 0.6 is 11.8 Å². The Balaban J connectivity index is 4.58. The molecule has 9 heteroatoms. The van der Waals surface area contributed by atoms with Crippen molar-refractivity contribution in [2.45, 2.75) is 18.5 Å². The Labute approximate surface area is 115 Å². The number of carboxylic acids is 1. The van der Waals surface area contributed by atoms with Gasteiger partial charge in [0.15, 0.2) is 6.04 Å². The summed E-state index contributed by atoms with van der Waals surface area (Å²) < 4.78 is 4.70. The number of nitrogens with one attached hydrogen (secondary N) is 2. The average molecular weight is 293 g/mol. The van der Waals surface area contributed by atoms with Crippen LogP contribution in [0.25, 0.3) is 0 Å². The van der Waals surface area contributed by atoms with Gasteiger partial charge in [0.25, 0.3) is 0 Å². The first-order valence-electron chi connectivity index (χ1n) is 5.49. The summed E-state index contributed by atoms with van der Waals surface area (Å²) in [5.41, 5.74) is 4.97. The van der Waals surface area contributed by atoms with Gasteiger partial charge in [-0.1, -0.05) is 0 Å². The number of urea groups is 1. The van der Waals surface area contributed by atoms with E-state index in [1.807, 2.05) is 6.26 Å². The lowest BCUT2D eigenvalue weighted by Crippen LogP contribution is -2.54. The topological polar surface area (TPSA) is 131 Å². The Morgan fingerprint density at radius 2 is 1.95 bits per heavy atom. The average Bonchev–Trinajstić information content (AvgIpc) is 2.33. The first kappa shape index (κ1) is 17.5. The number of amides is 3. The van der Waals surface area contributed by atoms with Gasteiger partial charge in [0, 0.05) is 7.11 Å². The van der Waals surface area contributed by atoms with Crippen LogP contribution in [-0.4, -0.2) is 60.8 Å². The van der Waals surface area contributed by atoms with Crippen LogP contribution in [0.15, 0.2) is 0 Å². The number of hydrogen-bond acceptors (Lipinski definition) is 5. The molecule has 2 atom stereocenters. The summed E-state index contributed by atoms with van der Waals surface area (Å²) in [6.45, 7) is -0.160. The number of methoxy groups -OCH3 is 1. The van der Waals surface area contributed by atoms with Crippen LogP contribution in [0.3, 0.4) is 0 Å². The molecule has 110 valence electrons. The standard InChI is InChI=1S/C10H19N3O5S/c1-18-5-7(9(15)16)12-8(14)6(3-4-19-2)13-10(11)17/h6-7H,3-5H2,1-2H3,(H,12,14)(H,15,16)(H3,11,13,17). The van der Waals surface area contributed by atoms with Crippen molar-refractivity contribution >= 4 is 29.7 Å². The fourth-order valence-corrected chi connectivity index (χ4v) is 1.76. The van der Waals surface area contributed by atoms with Crippen molar-refractivity contribution in [3.63, 3.8) is 0 Å². The minimum atomic E-state index is -1.21. The highest BCUT2D eigenvalue weighted by atomic mass is 32.2. The molecule has 0 aromatic carbocycles. The van der Waals surface area contributed by atoms with E-state index in [-0.39, 0.29) is 6.61 Å². The highest BCUT2D eigenvalue weighted by molar-refractivity contribution is 7.98. The van der Waals surface area contributed by atoms with E-state index in [1.165, 1.54) is 18.9 Å². The molecule has 0 fully saturated rings. The van der Waals surface area contributed by atoms with Gasteiger partial charge in [-0.2, -0.15) is 11.8 Å². The van der Waals surface area contributed by atoms with Crippen LogP contribution in [0.4, 0.5) is 4.79 Å². The molecule has 0 aliphatic rings. The maximum atomic E-state index is 11.9. The Morgan fingerprint density at radius 1 is 1.32 bits per heavy atom. The number of primary amides is 1.